The van der Waals surface area contributed by atoms with E-state index in [4.69, 9.17) is 0 Å². The molecule has 10 heavy (non-hydrogen) atoms. The van der Waals surface area contributed by atoms with Crippen LogP contribution in [0, 0.1) is 0 Å². The van der Waals surface area contributed by atoms with Crippen molar-refractivity contribution < 1.29 is 9.59 Å². The molecule has 58 valence electrons. The summed E-state index contributed by atoms with van der Waals surface area (Å²) in [5, 5.41) is 2.60. The topological polar surface area (TPSA) is 46.2 Å². The molecule has 1 N–H and O–H groups in total. The van der Waals surface area contributed by atoms with Crippen molar-refractivity contribution >= 4 is 11.7 Å². The van der Waals surface area contributed by atoms with E-state index in [-0.39, 0.29) is 11.7 Å². The molecule has 0 aliphatic rings. The van der Waals surface area contributed by atoms with Crippen LogP contribution in [0.1, 0.15) is 26.7 Å². The zero-order valence-electron chi connectivity index (χ0n) is 6.44. The van der Waals surface area contributed by atoms with E-state index in [1.165, 1.54) is 6.92 Å². The Labute approximate surface area is 60.8 Å². The Kier molecular flexibility index (Phi) is 4.54. The first-order valence-corrected chi connectivity index (χ1v) is 3.43. The van der Waals surface area contributed by atoms with Crippen LogP contribution < -0.4 is 5.32 Å². The van der Waals surface area contributed by atoms with Gasteiger partial charge in [-0.05, 0) is 6.92 Å². The summed E-state index contributed by atoms with van der Waals surface area (Å²) in [5.41, 5.74) is 0. The normalized spacial score (nSPS) is 9.00. The molecule has 0 saturated heterocycles. The van der Waals surface area contributed by atoms with Gasteiger partial charge in [0, 0.05) is 19.4 Å². The summed E-state index contributed by atoms with van der Waals surface area (Å²) in [7, 11) is 0. The van der Waals surface area contributed by atoms with Gasteiger partial charge in [-0.1, -0.05) is 6.92 Å². The van der Waals surface area contributed by atoms with Gasteiger partial charge in [-0.3, -0.25) is 9.59 Å². The Morgan fingerprint density at radius 2 is 2.00 bits per heavy atom. The number of ketones is 1. The second-order valence-electron chi connectivity index (χ2n) is 2.16. The molecule has 0 aromatic carbocycles. The van der Waals surface area contributed by atoms with Gasteiger partial charge >= 0.3 is 0 Å². The summed E-state index contributed by atoms with van der Waals surface area (Å²) in [6.45, 7) is 3.77. The van der Waals surface area contributed by atoms with Crippen molar-refractivity contribution in [1.82, 2.24) is 5.32 Å². The standard InChI is InChI=1S/C7H13NO2/c1-3-7(10)8-5-4-6(2)9/h3-5H2,1-2H3,(H,8,10). The van der Waals surface area contributed by atoms with Crippen molar-refractivity contribution in [2.45, 2.75) is 26.7 Å². The van der Waals surface area contributed by atoms with Crippen molar-refractivity contribution in [3.8, 4) is 0 Å². The van der Waals surface area contributed by atoms with Gasteiger partial charge in [-0.25, -0.2) is 0 Å². The minimum absolute atomic E-state index is 0.00116. The average molecular weight is 143 g/mol. The molecule has 0 aliphatic heterocycles. The van der Waals surface area contributed by atoms with Crippen molar-refractivity contribution in [2.75, 3.05) is 6.54 Å². The largest absolute Gasteiger partial charge is 0.356 e. The van der Waals surface area contributed by atoms with E-state index in [1.807, 2.05) is 0 Å². The number of amides is 1. The Morgan fingerprint density at radius 1 is 1.40 bits per heavy atom. The lowest BCUT2D eigenvalue weighted by atomic mass is 10.3. The van der Waals surface area contributed by atoms with Crippen LogP contribution in [0.5, 0.6) is 0 Å². The van der Waals surface area contributed by atoms with Gasteiger partial charge in [-0.2, -0.15) is 0 Å². The van der Waals surface area contributed by atoms with Gasteiger partial charge in [0.15, 0.2) is 0 Å². The molecule has 0 unspecified atom stereocenters. The molecule has 3 heteroatoms. The number of hydrogen-bond acceptors (Lipinski definition) is 2. The van der Waals surface area contributed by atoms with Crippen molar-refractivity contribution in [2.24, 2.45) is 0 Å². The number of nitrogens with one attached hydrogen (secondary N) is 1. The first-order chi connectivity index (χ1) is 4.66. The lowest BCUT2D eigenvalue weighted by Crippen LogP contribution is -2.24. The fourth-order valence-corrected chi connectivity index (χ4v) is 0.503. The van der Waals surface area contributed by atoms with E-state index in [2.05, 4.69) is 5.32 Å². The van der Waals surface area contributed by atoms with E-state index in [0.29, 0.717) is 19.4 Å². The Morgan fingerprint density at radius 3 is 2.40 bits per heavy atom. The number of Topliss-reactive ketones (excluding diaryl/α,β-unsaturated/α-hetero) is 1. The van der Waals surface area contributed by atoms with Gasteiger partial charge in [-0.15, -0.1) is 0 Å². The quantitative estimate of drug-likeness (QED) is 0.622. The van der Waals surface area contributed by atoms with E-state index >= 15 is 0 Å². The molecule has 0 rings (SSSR count). The zero-order chi connectivity index (χ0) is 7.98. The number of hydrogen-bond donors (Lipinski definition) is 1. The van der Waals surface area contributed by atoms with Crippen LogP contribution in [0.3, 0.4) is 0 Å². The molecule has 0 aliphatic carbocycles. The Hall–Kier alpha value is -0.860. The summed E-state index contributed by atoms with van der Waals surface area (Å²) >= 11 is 0. The molecule has 0 saturated carbocycles. The second-order valence-corrected chi connectivity index (χ2v) is 2.16. The van der Waals surface area contributed by atoms with Crippen molar-refractivity contribution in [3.63, 3.8) is 0 Å². The van der Waals surface area contributed by atoms with Gasteiger partial charge in [0.2, 0.25) is 5.91 Å². The second kappa shape index (κ2) is 4.97. The molecule has 1 amide bonds. The Balaban J connectivity index is 3.20. The highest BCUT2D eigenvalue weighted by atomic mass is 16.1. The van der Waals surface area contributed by atoms with Crippen molar-refractivity contribution in [1.29, 1.82) is 0 Å². The maximum atomic E-state index is 10.6. The number of carbonyl (C=O) groups is 2. The summed E-state index contributed by atoms with van der Waals surface area (Å²) in [5.74, 6) is 0.109. The summed E-state index contributed by atoms with van der Waals surface area (Å²) in [4.78, 5) is 20.9. The smallest absolute Gasteiger partial charge is 0.219 e. The first-order valence-electron chi connectivity index (χ1n) is 3.43. The van der Waals surface area contributed by atoms with Crippen LogP contribution >= 0.6 is 0 Å². The van der Waals surface area contributed by atoms with Crippen LogP contribution in [0.2, 0.25) is 0 Å². The van der Waals surface area contributed by atoms with Crippen molar-refractivity contribution in [3.05, 3.63) is 0 Å². The molecule has 0 fully saturated rings. The fourth-order valence-electron chi connectivity index (χ4n) is 0.503. The molecule has 0 atom stereocenters. The minimum atomic E-state index is 0.00116. The van der Waals surface area contributed by atoms with Gasteiger partial charge < -0.3 is 5.32 Å². The Bertz CT molecular complexity index is 132. The van der Waals surface area contributed by atoms with E-state index in [1.54, 1.807) is 6.92 Å². The predicted octanol–water partition coefficient (Wildman–Crippen LogP) is 0.492. The fraction of sp³-hybridized carbons (Fsp3) is 0.714. The van der Waals surface area contributed by atoms with Gasteiger partial charge in [0.05, 0.1) is 0 Å². The molecule has 0 bridgehead atoms. The highest BCUT2D eigenvalue weighted by Gasteiger charge is 1.96. The lowest BCUT2D eigenvalue weighted by Gasteiger charge is -1.99. The average Bonchev–Trinajstić information content (AvgIpc) is 1.87. The zero-order valence-corrected chi connectivity index (χ0v) is 6.44. The molecular formula is C7H13NO2. The van der Waals surface area contributed by atoms with Crippen LogP contribution in [0.15, 0.2) is 0 Å². The minimum Gasteiger partial charge on any atom is -0.356 e. The summed E-state index contributed by atoms with van der Waals surface area (Å²) < 4.78 is 0. The summed E-state index contributed by atoms with van der Waals surface area (Å²) in [6, 6.07) is 0. The number of carbonyl (C=O) groups excluding carboxylic acids is 2. The number of rotatable bonds is 4. The third kappa shape index (κ3) is 5.28. The molecule has 0 spiro atoms. The first kappa shape index (κ1) is 9.14. The predicted molar refractivity (Wildman–Crippen MR) is 38.6 cm³/mol. The van der Waals surface area contributed by atoms with Crippen LogP contribution in [-0.2, 0) is 9.59 Å². The molecule has 0 aromatic rings. The monoisotopic (exact) mass is 143 g/mol. The van der Waals surface area contributed by atoms with Crippen LogP contribution in [0.4, 0.5) is 0 Å². The highest BCUT2D eigenvalue weighted by molar-refractivity contribution is 5.78. The molecular weight excluding hydrogens is 130 g/mol. The molecule has 0 aromatic heterocycles. The molecule has 3 nitrogen and oxygen atoms in total. The maximum absolute atomic E-state index is 10.6. The third-order valence-electron chi connectivity index (χ3n) is 1.12. The van der Waals surface area contributed by atoms with E-state index in [0.717, 1.165) is 0 Å². The van der Waals surface area contributed by atoms with Gasteiger partial charge in [0.1, 0.15) is 5.78 Å². The molecule has 0 radical (unpaired) electrons. The SMILES string of the molecule is CCC(=O)NCCC(C)=O. The van der Waals surface area contributed by atoms with E-state index in [9.17, 15) is 9.59 Å². The highest BCUT2D eigenvalue weighted by Crippen LogP contribution is 1.79. The van der Waals surface area contributed by atoms with Crippen LogP contribution in [-0.4, -0.2) is 18.2 Å². The van der Waals surface area contributed by atoms with Gasteiger partial charge in [0.25, 0.3) is 0 Å². The third-order valence-corrected chi connectivity index (χ3v) is 1.12. The van der Waals surface area contributed by atoms with Crippen LogP contribution in [0.25, 0.3) is 0 Å². The summed E-state index contributed by atoms with van der Waals surface area (Å²) in [6.07, 6.45) is 0.920. The molecule has 0 heterocycles. The van der Waals surface area contributed by atoms with E-state index < -0.39 is 0 Å². The lowest BCUT2D eigenvalue weighted by molar-refractivity contribution is -0.121. The maximum Gasteiger partial charge on any atom is 0.219 e.